The molecule has 36 heavy (non-hydrogen) atoms. The second-order valence-electron chi connectivity index (χ2n) is 8.89. The van der Waals surface area contributed by atoms with Gasteiger partial charge in [-0.25, -0.2) is 4.98 Å². The highest BCUT2D eigenvalue weighted by atomic mass is 16.5. The third kappa shape index (κ3) is 5.42. The molecular weight excluding hydrogens is 456 g/mol. The van der Waals surface area contributed by atoms with Gasteiger partial charge in [-0.2, -0.15) is 5.10 Å². The first-order chi connectivity index (χ1) is 17.6. The number of nitrogens with zero attached hydrogens (tertiary/aromatic N) is 5. The molecule has 0 amide bonds. The fraction of sp³-hybridized carbons (Fsp3) is 0.370. The molecule has 9 nitrogen and oxygen atoms in total. The first-order valence-electron chi connectivity index (χ1n) is 12.2. The number of nitrogens with one attached hydrogen (secondary N) is 1. The summed E-state index contributed by atoms with van der Waals surface area (Å²) in [4.78, 5) is 11.8. The number of anilines is 2. The molecule has 1 aliphatic rings. The van der Waals surface area contributed by atoms with E-state index in [1.165, 1.54) is 0 Å². The van der Waals surface area contributed by atoms with Gasteiger partial charge in [0.1, 0.15) is 11.5 Å². The van der Waals surface area contributed by atoms with E-state index in [-0.39, 0.29) is 0 Å². The standard InChI is InChI=1S/C27H32N6O3/c1-32-18-19(15-30-32)27-17-29-25-7-6-20(13-26(25)31-27)33(9-8-28-16-22-5-4-10-36-22)21-11-23(34-2)14-24(12-21)35-3/h6-7,11-15,17-18,22,28H,4-5,8-10,16H2,1-3H3. The number of hydrogen-bond donors (Lipinski definition) is 1. The van der Waals surface area contributed by atoms with Crippen molar-refractivity contribution in [2.24, 2.45) is 7.05 Å². The van der Waals surface area contributed by atoms with E-state index in [4.69, 9.17) is 19.2 Å². The molecule has 1 aliphatic heterocycles. The van der Waals surface area contributed by atoms with Gasteiger partial charge in [0.05, 0.1) is 49.4 Å². The van der Waals surface area contributed by atoms with E-state index in [0.717, 1.165) is 84.2 Å². The van der Waals surface area contributed by atoms with Crippen molar-refractivity contribution in [1.82, 2.24) is 25.1 Å². The summed E-state index contributed by atoms with van der Waals surface area (Å²) in [6.45, 7) is 3.25. The third-order valence-corrected chi connectivity index (χ3v) is 6.39. The second-order valence-corrected chi connectivity index (χ2v) is 8.89. The fourth-order valence-corrected chi connectivity index (χ4v) is 4.48. The number of rotatable bonds is 10. The molecule has 0 aliphatic carbocycles. The van der Waals surface area contributed by atoms with Gasteiger partial charge in [-0.15, -0.1) is 0 Å². The Morgan fingerprint density at radius 3 is 2.58 bits per heavy atom. The van der Waals surface area contributed by atoms with Crippen LogP contribution in [-0.2, 0) is 11.8 Å². The summed E-state index contributed by atoms with van der Waals surface area (Å²) < 4.78 is 18.6. The normalized spacial score (nSPS) is 15.4. The SMILES string of the molecule is COc1cc(OC)cc(N(CCNCC2CCCO2)c2ccc3ncc(-c4cnn(C)c4)nc3c2)c1. The lowest BCUT2D eigenvalue weighted by molar-refractivity contribution is 0.110. The molecule has 3 heterocycles. The lowest BCUT2D eigenvalue weighted by Crippen LogP contribution is -2.33. The molecule has 5 rings (SSSR count). The zero-order chi connectivity index (χ0) is 24.9. The van der Waals surface area contributed by atoms with Gasteiger partial charge >= 0.3 is 0 Å². The number of ether oxygens (including phenoxy) is 3. The van der Waals surface area contributed by atoms with E-state index in [1.807, 2.05) is 37.5 Å². The molecule has 1 N–H and O–H groups in total. The average molecular weight is 489 g/mol. The quantitative estimate of drug-likeness (QED) is 0.336. The maximum atomic E-state index is 5.76. The van der Waals surface area contributed by atoms with Crippen LogP contribution in [0.25, 0.3) is 22.3 Å². The molecule has 0 saturated carbocycles. The summed E-state index contributed by atoms with van der Waals surface area (Å²) >= 11 is 0. The Bertz CT molecular complexity index is 1300. The molecule has 1 atom stereocenters. The topological polar surface area (TPSA) is 86.6 Å². The Kier molecular flexibility index (Phi) is 7.29. The number of fused-ring (bicyclic) bond motifs is 1. The van der Waals surface area contributed by atoms with Crippen molar-refractivity contribution >= 4 is 22.4 Å². The molecule has 188 valence electrons. The van der Waals surface area contributed by atoms with Crippen LogP contribution in [0.3, 0.4) is 0 Å². The Morgan fingerprint density at radius 2 is 1.89 bits per heavy atom. The molecule has 1 saturated heterocycles. The van der Waals surface area contributed by atoms with Gasteiger partial charge < -0.3 is 24.4 Å². The first-order valence-corrected chi connectivity index (χ1v) is 12.2. The molecule has 4 aromatic rings. The summed E-state index contributed by atoms with van der Waals surface area (Å²) in [5.41, 5.74) is 5.37. The van der Waals surface area contributed by atoms with E-state index in [1.54, 1.807) is 31.3 Å². The minimum Gasteiger partial charge on any atom is -0.497 e. The minimum absolute atomic E-state index is 0.303. The summed E-state index contributed by atoms with van der Waals surface area (Å²) in [6.07, 6.45) is 8.09. The van der Waals surface area contributed by atoms with Gasteiger partial charge in [-0.3, -0.25) is 9.67 Å². The van der Waals surface area contributed by atoms with Crippen molar-refractivity contribution in [2.75, 3.05) is 45.4 Å². The first kappa shape index (κ1) is 24.0. The molecule has 2 aromatic carbocycles. The highest BCUT2D eigenvalue weighted by Gasteiger charge is 2.17. The number of methoxy groups -OCH3 is 2. The van der Waals surface area contributed by atoms with Crippen molar-refractivity contribution in [1.29, 1.82) is 0 Å². The van der Waals surface area contributed by atoms with Gasteiger partial charge in [0.2, 0.25) is 0 Å². The molecule has 0 spiro atoms. The average Bonchev–Trinajstić information content (AvgIpc) is 3.59. The summed E-state index contributed by atoms with van der Waals surface area (Å²) in [5, 5.41) is 7.82. The number of aromatic nitrogens is 4. The maximum Gasteiger partial charge on any atom is 0.124 e. The predicted octanol–water partition coefficient (Wildman–Crippen LogP) is 3.95. The van der Waals surface area contributed by atoms with Crippen LogP contribution in [0.2, 0.25) is 0 Å². The number of aryl methyl sites for hydroxylation is 1. The van der Waals surface area contributed by atoms with E-state index in [0.29, 0.717) is 6.10 Å². The Labute approximate surface area is 211 Å². The molecule has 2 aromatic heterocycles. The zero-order valence-corrected chi connectivity index (χ0v) is 21.0. The van der Waals surface area contributed by atoms with Crippen molar-refractivity contribution < 1.29 is 14.2 Å². The molecule has 9 heteroatoms. The number of benzene rings is 2. The van der Waals surface area contributed by atoms with Crippen LogP contribution in [0.15, 0.2) is 55.0 Å². The molecule has 1 unspecified atom stereocenters. The molecule has 0 radical (unpaired) electrons. The Morgan fingerprint density at radius 1 is 1.06 bits per heavy atom. The molecular formula is C27H32N6O3. The highest BCUT2D eigenvalue weighted by Crippen LogP contribution is 2.34. The van der Waals surface area contributed by atoms with Crippen LogP contribution in [0.4, 0.5) is 11.4 Å². The smallest absolute Gasteiger partial charge is 0.124 e. The van der Waals surface area contributed by atoms with Crippen LogP contribution >= 0.6 is 0 Å². The van der Waals surface area contributed by atoms with Crippen molar-refractivity contribution in [3.8, 4) is 22.8 Å². The summed E-state index contributed by atoms with van der Waals surface area (Å²) in [5.74, 6) is 1.47. The van der Waals surface area contributed by atoms with E-state index < -0.39 is 0 Å². The van der Waals surface area contributed by atoms with Gasteiger partial charge in [0, 0.05) is 74.6 Å². The van der Waals surface area contributed by atoms with Crippen molar-refractivity contribution in [3.63, 3.8) is 0 Å². The van der Waals surface area contributed by atoms with E-state index in [9.17, 15) is 0 Å². The molecule has 0 bridgehead atoms. The van der Waals surface area contributed by atoms with E-state index in [2.05, 4.69) is 32.4 Å². The lowest BCUT2D eigenvalue weighted by Gasteiger charge is -2.26. The predicted molar refractivity (Wildman–Crippen MR) is 140 cm³/mol. The van der Waals surface area contributed by atoms with Crippen LogP contribution in [0.1, 0.15) is 12.8 Å². The van der Waals surface area contributed by atoms with Gasteiger partial charge in [0.25, 0.3) is 0 Å². The summed E-state index contributed by atoms with van der Waals surface area (Å²) in [6, 6.07) is 12.1. The minimum atomic E-state index is 0.303. The fourth-order valence-electron chi connectivity index (χ4n) is 4.48. The second kappa shape index (κ2) is 10.9. The van der Waals surface area contributed by atoms with Crippen LogP contribution in [0, 0.1) is 0 Å². The molecule has 1 fully saturated rings. The summed E-state index contributed by atoms with van der Waals surface area (Å²) in [7, 11) is 5.22. The van der Waals surface area contributed by atoms with Crippen LogP contribution < -0.4 is 19.7 Å². The van der Waals surface area contributed by atoms with Crippen LogP contribution in [0.5, 0.6) is 11.5 Å². The Hall–Kier alpha value is -3.69. The van der Waals surface area contributed by atoms with E-state index >= 15 is 0 Å². The number of hydrogen-bond acceptors (Lipinski definition) is 8. The van der Waals surface area contributed by atoms with Crippen LogP contribution in [-0.4, -0.2) is 66.3 Å². The third-order valence-electron chi connectivity index (χ3n) is 6.39. The van der Waals surface area contributed by atoms with Gasteiger partial charge in [0.15, 0.2) is 0 Å². The maximum absolute atomic E-state index is 5.76. The monoisotopic (exact) mass is 488 g/mol. The Balaban J connectivity index is 1.46. The van der Waals surface area contributed by atoms with Gasteiger partial charge in [-0.1, -0.05) is 0 Å². The largest absolute Gasteiger partial charge is 0.497 e. The van der Waals surface area contributed by atoms with Gasteiger partial charge in [-0.05, 0) is 31.0 Å². The van der Waals surface area contributed by atoms with Crippen molar-refractivity contribution in [2.45, 2.75) is 18.9 Å². The van der Waals surface area contributed by atoms with Crippen molar-refractivity contribution in [3.05, 3.63) is 55.0 Å². The zero-order valence-electron chi connectivity index (χ0n) is 21.0. The highest BCUT2D eigenvalue weighted by molar-refractivity contribution is 5.82. The lowest BCUT2D eigenvalue weighted by atomic mass is 10.2.